The minimum atomic E-state index is -3.82. The summed E-state index contributed by atoms with van der Waals surface area (Å²) in [6.45, 7) is 9.49. The predicted molar refractivity (Wildman–Crippen MR) is 144 cm³/mol. The molecule has 9 heteroatoms. The van der Waals surface area contributed by atoms with Gasteiger partial charge in [-0.3, -0.25) is 4.18 Å². The van der Waals surface area contributed by atoms with E-state index in [0.29, 0.717) is 12.8 Å². The van der Waals surface area contributed by atoms with Gasteiger partial charge in [0.25, 0.3) is 18.4 Å². The number of benzene rings is 2. The Morgan fingerprint density at radius 3 is 1.94 bits per heavy atom. The SMILES string of the molecule is CC(C)(C)[Si](OC[C@H]1O[C@](C)([C@@H](CO)OS(C)(=O)=O)CC[C@]1(C)O)(c1ccccc1)c1ccccc1. The summed E-state index contributed by atoms with van der Waals surface area (Å²) in [6.07, 6.45) is -0.269. The Morgan fingerprint density at radius 2 is 1.53 bits per heavy atom. The van der Waals surface area contributed by atoms with Gasteiger partial charge in [0, 0.05) is 0 Å². The lowest BCUT2D eigenvalue weighted by Gasteiger charge is -2.50. The molecule has 3 rings (SSSR count). The third-order valence-electron chi connectivity index (χ3n) is 7.24. The fourth-order valence-electron chi connectivity index (χ4n) is 5.12. The summed E-state index contributed by atoms with van der Waals surface area (Å²) < 4.78 is 42.2. The number of aliphatic hydroxyl groups excluding tert-OH is 1. The normalized spacial score (nSPS) is 26.5. The zero-order chi connectivity index (χ0) is 26.8. The molecule has 0 spiro atoms. The highest BCUT2D eigenvalue weighted by atomic mass is 32.2. The van der Waals surface area contributed by atoms with Crippen molar-refractivity contribution in [3.8, 4) is 0 Å². The van der Waals surface area contributed by atoms with Gasteiger partial charge in [-0.25, -0.2) is 0 Å². The Labute approximate surface area is 216 Å². The lowest BCUT2D eigenvalue weighted by Crippen LogP contribution is -2.68. The van der Waals surface area contributed by atoms with E-state index in [1.54, 1.807) is 13.8 Å². The Morgan fingerprint density at radius 1 is 1.03 bits per heavy atom. The van der Waals surface area contributed by atoms with Crippen molar-refractivity contribution in [2.75, 3.05) is 19.5 Å². The molecule has 0 unspecified atom stereocenters. The molecule has 0 aliphatic carbocycles. The van der Waals surface area contributed by atoms with Crippen LogP contribution in [-0.4, -0.2) is 69.8 Å². The second-order valence-corrected chi connectivity index (χ2v) is 17.1. The Kier molecular flexibility index (Phi) is 8.57. The second-order valence-electron chi connectivity index (χ2n) is 11.2. The van der Waals surface area contributed by atoms with Crippen molar-refractivity contribution >= 4 is 28.8 Å². The summed E-state index contributed by atoms with van der Waals surface area (Å²) >= 11 is 0. The minimum Gasteiger partial charge on any atom is -0.405 e. The number of hydrogen-bond acceptors (Lipinski definition) is 7. The standard InChI is InChI=1S/C27H40O7SSi/c1-25(2,3)36(21-13-9-7-10-14-21,22-15-11-8-12-16-22)32-20-24-26(4,29)17-18-27(5,33-24)23(19-28)34-35(6,30)31/h7-16,23-24,28-29H,17-20H2,1-6H3/t23-,24-,26+,27+/m1/s1. The van der Waals surface area contributed by atoms with Crippen LogP contribution in [0.1, 0.15) is 47.5 Å². The van der Waals surface area contributed by atoms with Crippen LogP contribution in [0.5, 0.6) is 0 Å². The van der Waals surface area contributed by atoms with Crippen molar-refractivity contribution < 1.29 is 32.0 Å². The van der Waals surface area contributed by atoms with Gasteiger partial charge in [-0.2, -0.15) is 8.42 Å². The first-order chi connectivity index (χ1) is 16.6. The zero-order valence-corrected chi connectivity index (χ0v) is 23.9. The van der Waals surface area contributed by atoms with Gasteiger partial charge in [0.15, 0.2) is 0 Å². The van der Waals surface area contributed by atoms with Gasteiger partial charge in [-0.15, -0.1) is 0 Å². The van der Waals surface area contributed by atoms with Crippen LogP contribution in [0.25, 0.3) is 0 Å². The van der Waals surface area contributed by atoms with Crippen LogP contribution >= 0.6 is 0 Å². The van der Waals surface area contributed by atoms with Gasteiger partial charge in [0.2, 0.25) is 0 Å². The Balaban J connectivity index is 2.01. The van der Waals surface area contributed by atoms with Crippen LogP contribution < -0.4 is 10.4 Å². The van der Waals surface area contributed by atoms with Gasteiger partial charge in [-0.1, -0.05) is 81.4 Å². The van der Waals surface area contributed by atoms with Gasteiger partial charge in [-0.05, 0) is 42.1 Å². The maximum absolute atomic E-state index is 11.8. The summed E-state index contributed by atoms with van der Waals surface area (Å²) in [7, 11) is -6.71. The topological polar surface area (TPSA) is 102 Å². The van der Waals surface area contributed by atoms with Crippen molar-refractivity contribution in [1.29, 1.82) is 0 Å². The maximum Gasteiger partial charge on any atom is 0.264 e. The average Bonchev–Trinajstić information content (AvgIpc) is 2.80. The molecule has 1 heterocycles. The number of rotatable bonds is 9. The number of hydrogen-bond donors (Lipinski definition) is 2. The van der Waals surface area contributed by atoms with Crippen LogP contribution in [0, 0.1) is 0 Å². The van der Waals surface area contributed by atoms with Crippen LogP contribution in [0.15, 0.2) is 60.7 Å². The highest BCUT2D eigenvalue weighted by Crippen LogP contribution is 2.41. The molecule has 0 bridgehead atoms. The molecule has 1 saturated heterocycles. The van der Waals surface area contributed by atoms with Crippen LogP contribution in [0.2, 0.25) is 5.04 Å². The molecule has 2 N–H and O–H groups in total. The predicted octanol–water partition coefficient (Wildman–Crippen LogP) is 2.59. The zero-order valence-electron chi connectivity index (χ0n) is 22.1. The van der Waals surface area contributed by atoms with Crippen molar-refractivity contribution in [3.63, 3.8) is 0 Å². The van der Waals surface area contributed by atoms with E-state index < -0.39 is 48.5 Å². The first-order valence-electron chi connectivity index (χ1n) is 12.3. The quantitative estimate of drug-likeness (QED) is 0.375. The molecule has 200 valence electrons. The van der Waals surface area contributed by atoms with Crippen molar-refractivity contribution in [2.24, 2.45) is 0 Å². The maximum atomic E-state index is 11.8. The van der Waals surface area contributed by atoms with Crippen molar-refractivity contribution in [3.05, 3.63) is 60.7 Å². The molecule has 36 heavy (non-hydrogen) atoms. The van der Waals surface area contributed by atoms with E-state index in [-0.39, 0.29) is 11.6 Å². The molecular weight excluding hydrogens is 496 g/mol. The van der Waals surface area contributed by atoms with Crippen LogP contribution in [0.3, 0.4) is 0 Å². The average molecular weight is 537 g/mol. The highest BCUT2D eigenvalue weighted by Gasteiger charge is 2.54. The lowest BCUT2D eigenvalue weighted by molar-refractivity contribution is -0.242. The van der Waals surface area contributed by atoms with E-state index in [1.165, 1.54) is 0 Å². The lowest BCUT2D eigenvalue weighted by atomic mass is 9.81. The molecule has 0 aromatic heterocycles. The first-order valence-corrected chi connectivity index (χ1v) is 16.0. The fraction of sp³-hybridized carbons (Fsp3) is 0.556. The molecule has 4 atom stereocenters. The molecule has 0 amide bonds. The van der Waals surface area contributed by atoms with Crippen LogP contribution in [-0.2, 0) is 23.5 Å². The molecule has 2 aromatic rings. The smallest absolute Gasteiger partial charge is 0.264 e. The Bertz CT molecular complexity index is 1060. The second kappa shape index (κ2) is 10.6. The molecule has 1 aliphatic rings. The largest absolute Gasteiger partial charge is 0.405 e. The van der Waals surface area contributed by atoms with Crippen LogP contribution in [0.4, 0.5) is 0 Å². The van der Waals surface area contributed by atoms with E-state index in [9.17, 15) is 18.6 Å². The minimum absolute atomic E-state index is 0.0902. The molecular formula is C27H40O7SSi. The van der Waals surface area contributed by atoms with E-state index >= 15 is 0 Å². The summed E-state index contributed by atoms with van der Waals surface area (Å²) in [4.78, 5) is 0. The third kappa shape index (κ3) is 6.10. The van der Waals surface area contributed by atoms with Gasteiger partial charge < -0.3 is 19.4 Å². The van der Waals surface area contributed by atoms with E-state index in [0.717, 1.165) is 16.6 Å². The van der Waals surface area contributed by atoms with Crippen molar-refractivity contribution in [2.45, 2.75) is 75.9 Å². The molecule has 0 saturated carbocycles. The summed E-state index contributed by atoms with van der Waals surface area (Å²) in [6, 6.07) is 20.4. The fourth-order valence-corrected chi connectivity index (χ4v) is 10.4. The van der Waals surface area contributed by atoms with Gasteiger partial charge in [0.05, 0.1) is 30.7 Å². The van der Waals surface area contributed by atoms with Gasteiger partial charge in [0.1, 0.15) is 12.2 Å². The first kappa shape index (κ1) is 29.0. The molecule has 1 aliphatic heterocycles. The molecule has 0 radical (unpaired) electrons. The summed E-state index contributed by atoms with van der Waals surface area (Å²) in [5.74, 6) is 0. The van der Waals surface area contributed by atoms with E-state index in [4.69, 9.17) is 13.3 Å². The van der Waals surface area contributed by atoms with Gasteiger partial charge >= 0.3 is 0 Å². The molecule has 2 aromatic carbocycles. The van der Waals surface area contributed by atoms with E-state index in [1.807, 2.05) is 36.4 Å². The van der Waals surface area contributed by atoms with Crippen molar-refractivity contribution in [1.82, 2.24) is 0 Å². The monoisotopic (exact) mass is 536 g/mol. The number of aliphatic hydroxyl groups is 2. The molecule has 1 fully saturated rings. The summed E-state index contributed by atoms with van der Waals surface area (Å²) in [5, 5.41) is 23.2. The summed E-state index contributed by atoms with van der Waals surface area (Å²) in [5.41, 5.74) is -2.34. The van der Waals surface area contributed by atoms with E-state index in [2.05, 4.69) is 45.0 Å². The Hall–Kier alpha value is -1.59. The highest BCUT2D eigenvalue weighted by molar-refractivity contribution is 7.86. The third-order valence-corrected chi connectivity index (χ3v) is 12.8. The number of ether oxygens (including phenoxy) is 1. The molecule has 7 nitrogen and oxygen atoms in total.